The minimum absolute atomic E-state index is 0.117. The van der Waals surface area contributed by atoms with E-state index in [1.165, 1.54) is 15.8 Å². The largest absolute Gasteiger partial charge is 0.480 e. The molecule has 0 radical (unpaired) electrons. The van der Waals surface area contributed by atoms with Crippen molar-refractivity contribution in [2.45, 2.75) is 26.4 Å². The molecule has 0 aliphatic carbocycles. The first-order valence-corrected chi connectivity index (χ1v) is 6.80. The Bertz CT molecular complexity index is 654. The van der Waals surface area contributed by atoms with Crippen LogP contribution in [-0.4, -0.2) is 54.4 Å². The summed E-state index contributed by atoms with van der Waals surface area (Å²) in [5, 5.41) is 16.6. The first-order valence-electron chi connectivity index (χ1n) is 6.80. The fraction of sp³-hybridized carbons (Fsp3) is 0.357. The number of aromatic nitrogens is 4. The van der Waals surface area contributed by atoms with Gasteiger partial charge in [0.05, 0.1) is 18.4 Å². The van der Waals surface area contributed by atoms with E-state index in [0.29, 0.717) is 6.54 Å². The third-order valence-electron chi connectivity index (χ3n) is 3.00. The molecule has 1 amide bonds. The average Bonchev–Trinajstić information content (AvgIpc) is 2.93. The highest BCUT2D eigenvalue weighted by Gasteiger charge is 2.23. The smallest absolute Gasteiger partial charge is 0.323 e. The highest BCUT2D eigenvalue weighted by molar-refractivity contribution is 5.94. The zero-order valence-electron chi connectivity index (χ0n) is 12.4. The number of aliphatic carboxylic acids is 1. The molecule has 2 aromatic heterocycles. The Balaban J connectivity index is 2.12. The first kappa shape index (κ1) is 15.6. The van der Waals surface area contributed by atoms with Crippen molar-refractivity contribution >= 4 is 11.9 Å². The number of carboxylic acids is 1. The van der Waals surface area contributed by atoms with Crippen molar-refractivity contribution in [2.24, 2.45) is 0 Å². The molecule has 22 heavy (non-hydrogen) atoms. The summed E-state index contributed by atoms with van der Waals surface area (Å²) >= 11 is 0. The summed E-state index contributed by atoms with van der Waals surface area (Å²) in [6, 6.07) is 5.27. The molecular weight excluding hydrogens is 286 g/mol. The number of hydrogen-bond acceptors (Lipinski definition) is 5. The number of pyridine rings is 1. The molecule has 116 valence electrons. The van der Waals surface area contributed by atoms with E-state index in [1.807, 2.05) is 18.2 Å². The maximum absolute atomic E-state index is 12.3. The lowest BCUT2D eigenvalue weighted by atomic mass is 10.2. The van der Waals surface area contributed by atoms with Crippen LogP contribution in [0, 0.1) is 0 Å². The summed E-state index contributed by atoms with van der Waals surface area (Å²) in [5.74, 6) is -1.52. The predicted molar refractivity (Wildman–Crippen MR) is 77.2 cm³/mol. The van der Waals surface area contributed by atoms with Gasteiger partial charge in [-0.1, -0.05) is 11.3 Å². The van der Waals surface area contributed by atoms with E-state index in [2.05, 4.69) is 15.3 Å². The molecule has 0 bridgehead atoms. The van der Waals surface area contributed by atoms with Crippen molar-refractivity contribution in [2.75, 3.05) is 6.54 Å². The number of hydrogen-bond donors (Lipinski definition) is 1. The lowest BCUT2D eigenvalue weighted by molar-refractivity contribution is -0.138. The van der Waals surface area contributed by atoms with Crippen molar-refractivity contribution in [3.8, 4) is 0 Å². The topological polar surface area (TPSA) is 101 Å². The van der Waals surface area contributed by atoms with E-state index in [-0.39, 0.29) is 18.3 Å². The molecule has 0 unspecified atom stereocenters. The average molecular weight is 303 g/mol. The Hall–Kier alpha value is -2.77. The van der Waals surface area contributed by atoms with Gasteiger partial charge in [-0.3, -0.25) is 14.6 Å². The summed E-state index contributed by atoms with van der Waals surface area (Å²) in [4.78, 5) is 28.6. The second-order valence-corrected chi connectivity index (χ2v) is 5.04. The van der Waals surface area contributed by atoms with Crippen LogP contribution in [0.1, 0.15) is 30.0 Å². The molecule has 2 aromatic rings. The molecule has 8 nitrogen and oxygen atoms in total. The molecule has 0 aromatic carbocycles. The fourth-order valence-electron chi connectivity index (χ4n) is 1.91. The molecule has 0 aliphatic rings. The van der Waals surface area contributed by atoms with Crippen LogP contribution < -0.4 is 0 Å². The Labute approximate surface area is 127 Å². The normalized spacial score (nSPS) is 10.7. The van der Waals surface area contributed by atoms with Gasteiger partial charge in [0.1, 0.15) is 6.54 Å². The molecule has 0 saturated heterocycles. The highest BCUT2D eigenvalue weighted by Crippen LogP contribution is 2.06. The predicted octanol–water partition coefficient (Wildman–Crippen LogP) is 0.657. The zero-order valence-corrected chi connectivity index (χ0v) is 12.4. The quantitative estimate of drug-likeness (QED) is 0.841. The number of nitrogens with zero attached hydrogens (tertiary/aromatic N) is 5. The van der Waals surface area contributed by atoms with Crippen LogP contribution in [0.5, 0.6) is 0 Å². The maximum atomic E-state index is 12.3. The van der Waals surface area contributed by atoms with E-state index in [9.17, 15) is 9.59 Å². The Morgan fingerprint density at radius 3 is 2.73 bits per heavy atom. The molecule has 8 heteroatoms. The molecule has 0 aliphatic heterocycles. The van der Waals surface area contributed by atoms with E-state index < -0.39 is 11.9 Å². The molecule has 2 heterocycles. The molecule has 2 rings (SSSR count). The van der Waals surface area contributed by atoms with Gasteiger partial charge in [0, 0.05) is 12.2 Å². The van der Waals surface area contributed by atoms with Crippen LogP contribution in [0.4, 0.5) is 0 Å². The van der Waals surface area contributed by atoms with Crippen LogP contribution in [0.15, 0.2) is 30.6 Å². The summed E-state index contributed by atoms with van der Waals surface area (Å²) in [6.07, 6.45) is 3.17. The minimum Gasteiger partial charge on any atom is -0.480 e. The van der Waals surface area contributed by atoms with E-state index in [4.69, 9.17) is 5.11 Å². The van der Waals surface area contributed by atoms with Crippen molar-refractivity contribution in [1.29, 1.82) is 0 Å². The van der Waals surface area contributed by atoms with Gasteiger partial charge < -0.3 is 10.0 Å². The Morgan fingerprint density at radius 1 is 1.36 bits per heavy atom. The van der Waals surface area contributed by atoms with Crippen LogP contribution in [-0.2, 0) is 11.3 Å². The molecule has 1 N–H and O–H groups in total. The summed E-state index contributed by atoms with van der Waals surface area (Å²) in [7, 11) is 0. The van der Waals surface area contributed by atoms with Gasteiger partial charge in [-0.25, -0.2) is 4.68 Å². The Kier molecular flexibility index (Phi) is 4.82. The van der Waals surface area contributed by atoms with E-state index >= 15 is 0 Å². The van der Waals surface area contributed by atoms with Gasteiger partial charge in [0.2, 0.25) is 0 Å². The zero-order chi connectivity index (χ0) is 16.1. The number of carboxylic acid groups (broad SMARTS) is 1. The molecular formula is C14H17N5O3. The molecule has 0 fully saturated rings. The molecule has 0 spiro atoms. The third-order valence-corrected chi connectivity index (χ3v) is 3.00. The van der Waals surface area contributed by atoms with Gasteiger partial charge in [0.25, 0.3) is 5.91 Å². The van der Waals surface area contributed by atoms with Crippen LogP contribution in [0.3, 0.4) is 0 Å². The van der Waals surface area contributed by atoms with Crippen molar-refractivity contribution < 1.29 is 14.7 Å². The van der Waals surface area contributed by atoms with Crippen LogP contribution in [0.2, 0.25) is 0 Å². The summed E-state index contributed by atoms with van der Waals surface area (Å²) in [5.41, 5.74) is 0.906. The van der Waals surface area contributed by atoms with Crippen molar-refractivity contribution in [1.82, 2.24) is 24.9 Å². The number of rotatable bonds is 6. The minimum atomic E-state index is -1.07. The lowest BCUT2D eigenvalue weighted by Crippen LogP contribution is -2.40. The number of amides is 1. The van der Waals surface area contributed by atoms with E-state index in [0.717, 1.165) is 5.69 Å². The second-order valence-electron chi connectivity index (χ2n) is 5.04. The van der Waals surface area contributed by atoms with Crippen molar-refractivity contribution in [3.63, 3.8) is 0 Å². The summed E-state index contributed by atoms with van der Waals surface area (Å²) in [6.45, 7) is 3.52. The van der Waals surface area contributed by atoms with Gasteiger partial charge in [-0.15, -0.1) is 5.10 Å². The monoisotopic (exact) mass is 303 g/mol. The highest BCUT2D eigenvalue weighted by atomic mass is 16.4. The van der Waals surface area contributed by atoms with Gasteiger partial charge in [0.15, 0.2) is 5.69 Å². The number of carbonyl (C=O) groups is 2. The number of carbonyl (C=O) groups excluding carboxylic acids is 1. The second kappa shape index (κ2) is 6.79. The maximum Gasteiger partial charge on any atom is 0.323 e. The Morgan fingerprint density at radius 2 is 2.14 bits per heavy atom. The van der Waals surface area contributed by atoms with Crippen molar-refractivity contribution in [3.05, 3.63) is 42.0 Å². The third kappa shape index (κ3) is 3.87. The van der Waals surface area contributed by atoms with Gasteiger partial charge in [-0.05, 0) is 26.0 Å². The SMILES string of the molecule is CC(C)N(CC(=O)O)C(=O)c1cn(Cc2ccccn2)nn1. The van der Waals surface area contributed by atoms with Crippen LogP contribution in [0.25, 0.3) is 0 Å². The standard InChI is InChI=1S/C14H17N5O3/c1-10(2)19(9-13(20)21)14(22)12-8-18(17-16-12)7-11-5-3-4-6-15-11/h3-6,8,10H,7,9H2,1-2H3,(H,20,21). The van der Waals surface area contributed by atoms with Gasteiger partial charge >= 0.3 is 5.97 Å². The lowest BCUT2D eigenvalue weighted by Gasteiger charge is -2.23. The molecule has 0 saturated carbocycles. The summed E-state index contributed by atoms with van der Waals surface area (Å²) < 4.78 is 1.49. The first-order chi connectivity index (χ1) is 10.5. The molecule has 0 atom stereocenters. The fourth-order valence-corrected chi connectivity index (χ4v) is 1.91. The van der Waals surface area contributed by atoms with Crippen LogP contribution >= 0.6 is 0 Å². The van der Waals surface area contributed by atoms with E-state index in [1.54, 1.807) is 20.0 Å². The van der Waals surface area contributed by atoms with Gasteiger partial charge in [-0.2, -0.15) is 0 Å².